The summed E-state index contributed by atoms with van der Waals surface area (Å²) >= 11 is 0. The van der Waals surface area contributed by atoms with E-state index in [0.29, 0.717) is 0 Å². The highest BCUT2D eigenvalue weighted by Gasteiger charge is 2.14. The number of amides is 1. The molecule has 0 heterocycles. The quantitative estimate of drug-likeness (QED) is 0.532. The first-order valence-electron chi connectivity index (χ1n) is 9.98. The van der Waals surface area contributed by atoms with Crippen LogP contribution < -0.4 is 10.6 Å². The number of aryl methyl sites for hydroxylation is 1. The molecule has 3 heteroatoms. The summed E-state index contributed by atoms with van der Waals surface area (Å²) in [6, 6.07) is 28.5. The number of rotatable bonds is 9. The Morgan fingerprint density at radius 1 is 0.821 bits per heavy atom. The maximum absolute atomic E-state index is 12.5. The Morgan fingerprint density at radius 3 is 1.93 bits per heavy atom. The molecule has 0 radical (unpaired) electrons. The van der Waals surface area contributed by atoms with Gasteiger partial charge in [-0.1, -0.05) is 86.1 Å². The summed E-state index contributed by atoms with van der Waals surface area (Å²) in [6.07, 6.45) is 3.46. The van der Waals surface area contributed by atoms with Crippen LogP contribution in [-0.4, -0.2) is 12.5 Å². The van der Waals surface area contributed by atoms with Crippen LogP contribution in [0.4, 0.5) is 5.69 Å². The van der Waals surface area contributed by atoms with E-state index in [2.05, 4.69) is 54.0 Å². The van der Waals surface area contributed by atoms with Crippen molar-refractivity contribution < 1.29 is 4.79 Å². The lowest BCUT2D eigenvalue weighted by Gasteiger charge is -2.19. The van der Waals surface area contributed by atoms with E-state index < -0.39 is 0 Å². The Hall–Kier alpha value is -2.91. The second kappa shape index (κ2) is 10.4. The summed E-state index contributed by atoms with van der Waals surface area (Å²) in [7, 11) is 0. The van der Waals surface area contributed by atoms with Crippen molar-refractivity contribution >= 4 is 11.6 Å². The molecular formula is C25H28N2O. The van der Waals surface area contributed by atoms with Gasteiger partial charge in [0.2, 0.25) is 5.91 Å². The third kappa shape index (κ3) is 5.80. The number of carbonyl (C=O) groups is 1. The van der Waals surface area contributed by atoms with E-state index in [4.69, 9.17) is 0 Å². The van der Waals surface area contributed by atoms with Crippen molar-refractivity contribution in [3.63, 3.8) is 0 Å². The summed E-state index contributed by atoms with van der Waals surface area (Å²) in [6.45, 7) is 2.44. The maximum Gasteiger partial charge on any atom is 0.238 e. The monoisotopic (exact) mass is 372 g/mol. The van der Waals surface area contributed by atoms with E-state index >= 15 is 0 Å². The predicted octanol–water partition coefficient (Wildman–Crippen LogP) is 5.35. The standard InChI is InChI=1S/C25H28N2O/c1-2-3-10-20-15-17-23(18-16-20)27-24(28)19-26-25(21-11-6-4-7-12-21)22-13-8-5-9-14-22/h4-9,11-18,25-26H,2-3,10,19H2,1H3,(H,27,28). The summed E-state index contributed by atoms with van der Waals surface area (Å²) in [5, 5.41) is 6.38. The van der Waals surface area contributed by atoms with Gasteiger partial charge in [-0.15, -0.1) is 0 Å². The third-order valence-corrected chi connectivity index (χ3v) is 4.79. The van der Waals surface area contributed by atoms with Gasteiger partial charge in [0, 0.05) is 5.69 Å². The summed E-state index contributed by atoms with van der Waals surface area (Å²) < 4.78 is 0. The minimum Gasteiger partial charge on any atom is -0.325 e. The summed E-state index contributed by atoms with van der Waals surface area (Å²) in [4.78, 5) is 12.5. The van der Waals surface area contributed by atoms with Crippen LogP contribution in [0.5, 0.6) is 0 Å². The maximum atomic E-state index is 12.5. The number of carbonyl (C=O) groups excluding carboxylic acids is 1. The van der Waals surface area contributed by atoms with Crippen molar-refractivity contribution in [2.24, 2.45) is 0 Å². The van der Waals surface area contributed by atoms with Crippen molar-refractivity contribution in [2.45, 2.75) is 32.2 Å². The van der Waals surface area contributed by atoms with Crippen LogP contribution >= 0.6 is 0 Å². The molecule has 0 aliphatic carbocycles. The lowest BCUT2D eigenvalue weighted by Crippen LogP contribution is -2.31. The summed E-state index contributed by atoms with van der Waals surface area (Å²) in [5.41, 5.74) is 4.43. The van der Waals surface area contributed by atoms with Gasteiger partial charge in [0.05, 0.1) is 12.6 Å². The highest BCUT2D eigenvalue weighted by Crippen LogP contribution is 2.21. The van der Waals surface area contributed by atoms with E-state index in [1.165, 1.54) is 18.4 Å². The van der Waals surface area contributed by atoms with E-state index in [-0.39, 0.29) is 18.5 Å². The molecule has 0 fully saturated rings. The number of nitrogens with one attached hydrogen (secondary N) is 2. The Balaban J connectivity index is 1.61. The third-order valence-electron chi connectivity index (χ3n) is 4.79. The Morgan fingerprint density at radius 2 is 1.39 bits per heavy atom. The van der Waals surface area contributed by atoms with Crippen molar-refractivity contribution in [1.82, 2.24) is 5.32 Å². The number of hydrogen-bond donors (Lipinski definition) is 2. The molecule has 144 valence electrons. The van der Waals surface area contributed by atoms with Crippen LogP contribution in [0.25, 0.3) is 0 Å². The average molecular weight is 373 g/mol. The lowest BCUT2D eigenvalue weighted by molar-refractivity contribution is -0.115. The van der Waals surface area contributed by atoms with E-state index in [1.54, 1.807) is 0 Å². The van der Waals surface area contributed by atoms with Gasteiger partial charge in [0.1, 0.15) is 0 Å². The van der Waals surface area contributed by atoms with Crippen LogP contribution in [0, 0.1) is 0 Å². The molecule has 0 unspecified atom stereocenters. The number of anilines is 1. The Bertz CT molecular complexity index is 805. The molecule has 0 saturated carbocycles. The fourth-order valence-corrected chi connectivity index (χ4v) is 3.25. The van der Waals surface area contributed by atoms with Crippen LogP contribution in [0.1, 0.15) is 42.5 Å². The highest BCUT2D eigenvalue weighted by atomic mass is 16.1. The molecule has 1 amide bonds. The first kappa shape index (κ1) is 19.8. The zero-order valence-electron chi connectivity index (χ0n) is 16.4. The molecular weight excluding hydrogens is 344 g/mol. The predicted molar refractivity (Wildman–Crippen MR) is 116 cm³/mol. The topological polar surface area (TPSA) is 41.1 Å². The van der Waals surface area contributed by atoms with Gasteiger partial charge < -0.3 is 5.32 Å². The number of hydrogen-bond acceptors (Lipinski definition) is 2. The molecule has 0 saturated heterocycles. The smallest absolute Gasteiger partial charge is 0.238 e. The van der Waals surface area contributed by atoms with Crippen LogP contribution in [0.2, 0.25) is 0 Å². The van der Waals surface area contributed by atoms with Gasteiger partial charge >= 0.3 is 0 Å². The van der Waals surface area contributed by atoms with Gasteiger partial charge in [-0.05, 0) is 41.7 Å². The lowest BCUT2D eigenvalue weighted by atomic mass is 9.99. The largest absolute Gasteiger partial charge is 0.325 e. The molecule has 3 rings (SSSR count). The normalized spacial score (nSPS) is 10.8. The van der Waals surface area contributed by atoms with Crippen LogP contribution in [0.15, 0.2) is 84.9 Å². The molecule has 3 nitrogen and oxygen atoms in total. The van der Waals surface area contributed by atoms with Crippen molar-refractivity contribution in [2.75, 3.05) is 11.9 Å². The van der Waals surface area contributed by atoms with E-state index in [1.807, 2.05) is 48.5 Å². The number of benzene rings is 3. The highest BCUT2D eigenvalue weighted by molar-refractivity contribution is 5.92. The molecule has 3 aromatic rings. The zero-order chi connectivity index (χ0) is 19.6. The van der Waals surface area contributed by atoms with Crippen molar-refractivity contribution in [3.05, 3.63) is 102 Å². The Labute approximate surface area is 167 Å². The molecule has 28 heavy (non-hydrogen) atoms. The minimum atomic E-state index is -0.0434. The number of unbranched alkanes of at least 4 members (excludes halogenated alkanes) is 1. The molecule has 0 aliphatic heterocycles. The summed E-state index contributed by atoms with van der Waals surface area (Å²) in [5.74, 6) is -0.0434. The van der Waals surface area contributed by atoms with Gasteiger partial charge in [0.15, 0.2) is 0 Å². The van der Waals surface area contributed by atoms with Crippen LogP contribution in [0.3, 0.4) is 0 Å². The van der Waals surface area contributed by atoms with Gasteiger partial charge in [0.25, 0.3) is 0 Å². The molecule has 2 N–H and O–H groups in total. The average Bonchev–Trinajstić information content (AvgIpc) is 2.75. The van der Waals surface area contributed by atoms with Gasteiger partial charge in [-0.25, -0.2) is 0 Å². The SMILES string of the molecule is CCCCc1ccc(NC(=O)CNC(c2ccccc2)c2ccccc2)cc1. The fraction of sp³-hybridized carbons (Fsp3) is 0.240. The second-order valence-corrected chi connectivity index (χ2v) is 6.98. The van der Waals surface area contributed by atoms with Gasteiger partial charge in [-0.2, -0.15) is 0 Å². The molecule has 0 aliphatic rings. The van der Waals surface area contributed by atoms with Gasteiger partial charge in [-0.3, -0.25) is 10.1 Å². The van der Waals surface area contributed by atoms with E-state index in [0.717, 1.165) is 23.2 Å². The van der Waals surface area contributed by atoms with Crippen molar-refractivity contribution in [3.8, 4) is 0 Å². The first-order valence-corrected chi connectivity index (χ1v) is 9.98. The van der Waals surface area contributed by atoms with E-state index in [9.17, 15) is 4.79 Å². The Kier molecular flexibility index (Phi) is 7.39. The molecule has 0 bridgehead atoms. The molecule has 0 spiro atoms. The van der Waals surface area contributed by atoms with Crippen LogP contribution in [-0.2, 0) is 11.2 Å². The fourth-order valence-electron chi connectivity index (χ4n) is 3.25. The molecule has 0 atom stereocenters. The first-order chi connectivity index (χ1) is 13.8. The second-order valence-electron chi connectivity index (χ2n) is 6.98. The van der Waals surface area contributed by atoms with Crippen molar-refractivity contribution in [1.29, 1.82) is 0 Å². The minimum absolute atomic E-state index is 0.0235. The molecule has 3 aromatic carbocycles. The zero-order valence-corrected chi connectivity index (χ0v) is 16.4. The molecule has 0 aromatic heterocycles.